The Morgan fingerprint density at radius 1 is 1.41 bits per heavy atom. The molecular formula is C15H26N2O5. The van der Waals surface area contributed by atoms with Crippen LogP contribution in [0.3, 0.4) is 0 Å². The molecular weight excluding hydrogens is 288 g/mol. The average molecular weight is 314 g/mol. The number of rotatable bonds is 5. The fourth-order valence-electron chi connectivity index (χ4n) is 2.01. The first-order valence-electron chi connectivity index (χ1n) is 7.52. The Morgan fingerprint density at radius 2 is 2.05 bits per heavy atom. The van der Waals surface area contributed by atoms with Crippen molar-refractivity contribution in [2.24, 2.45) is 11.1 Å². The number of nitrogens with one attached hydrogen (secondary N) is 1. The quantitative estimate of drug-likeness (QED) is 0.786. The molecule has 0 bridgehead atoms. The minimum Gasteiger partial charge on any atom is -0.463 e. The summed E-state index contributed by atoms with van der Waals surface area (Å²) in [7, 11) is 0. The molecule has 1 aliphatic rings. The third kappa shape index (κ3) is 5.54. The smallest absolute Gasteiger partial charge is 0.408 e. The van der Waals surface area contributed by atoms with Gasteiger partial charge in [-0.1, -0.05) is 19.0 Å². The maximum Gasteiger partial charge on any atom is 0.408 e. The number of carbonyl (C=O) groups is 2. The number of oxime groups is 1. The molecule has 0 saturated carbocycles. The number of esters is 1. The lowest BCUT2D eigenvalue weighted by atomic mass is 9.96. The van der Waals surface area contributed by atoms with Gasteiger partial charge in [-0.2, -0.15) is 0 Å². The van der Waals surface area contributed by atoms with Crippen molar-refractivity contribution >= 4 is 17.8 Å². The summed E-state index contributed by atoms with van der Waals surface area (Å²) >= 11 is 0. The Balaban J connectivity index is 2.66. The molecule has 0 saturated heterocycles. The monoisotopic (exact) mass is 314 g/mol. The summed E-state index contributed by atoms with van der Waals surface area (Å²) in [6, 6.07) is -0.353. The number of hydrogen-bond acceptors (Lipinski definition) is 6. The molecule has 1 aliphatic heterocycles. The number of hydrogen-bond donors (Lipinski definition) is 1. The van der Waals surface area contributed by atoms with Crippen molar-refractivity contribution in [2.45, 2.75) is 65.7 Å². The molecule has 0 aromatic carbocycles. The fraction of sp³-hybridized carbons (Fsp3) is 0.800. The van der Waals surface area contributed by atoms with E-state index in [-0.39, 0.29) is 18.6 Å². The molecule has 0 aliphatic carbocycles. The van der Waals surface area contributed by atoms with Gasteiger partial charge in [0.25, 0.3) is 0 Å². The van der Waals surface area contributed by atoms with Crippen molar-refractivity contribution in [3.63, 3.8) is 0 Å². The second kappa shape index (κ2) is 7.47. The lowest BCUT2D eigenvalue weighted by Crippen LogP contribution is -2.46. The van der Waals surface area contributed by atoms with Gasteiger partial charge in [-0.3, -0.25) is 0 Å². The van der Waals surface area contributed by atoms with Crippen LogP contribution in [0.15, 0.2) is 5.16 Å². The molecule has 1 rings (SSSR count). The second-order valence-electron chi connectivity index (χ2n) is 6.50. The van der Waals surface area contributed by atoms with Gasteiger partial charge in [-0.15, -0.1) is 0 Å². The number of nitrogens with zero attached hydrogens (tertiary/aromatic N) is 1. The van der Waals surface area contributed by atoms with Crippen molar-refractivity contribution in [2.75, 3.05) is 6.61 Å². The molecule has 2 atom stereocenters. The third-order valence-electron chi connectivity index (χ3n) is 2.94. The molecule has 0 spiro atoms. The zero-order valence-corrected chi connectivity index (χ0v) is 14.1. The highest BCUT2D eigenvalue weighted by Gasteiger charge is 2.35. The summed E-state index contributed by atoms with van der Waals surface area (Å²) in [5, 5.41) is 6.72. The van der Waals surface area contributed by atoms with Crippen LogP contribution in [0.2, 0.25) is 0 Å². The number of alkyl carbamates (subject to hydrolysis) is 1. The summed E-state index contributed by atoms with van der Waals surface area (Å²) in [5.41, 5.74) is 0.0338. The van der Waals surface area contributed by atoms with Crippen molar-refractivity contribution < 1.29 is 23.9 Å². The maximum atomic E-state index is 11.9. The van der Waals surface area contributed by atoms with Crippen molar-refractivity contribution in [3.8, 4) is 0 Å². The number of carbonyl (C=O) groups excluding carboxylic acids is 2. The van der Waals surface area contributed by atoms with E-state index in [0.717, 1.165) is 0 Å². The van der Waals surface area contributed by atoms with Gasteiger partial charge in [-0.05, 0) is 33.6 Å². The van der Waals surface area contributed by atoms with Crippen LogP contribution in [0, 0.1) is 5.92 Å². The van der Waals surface area contributed by atoms with Crippen LogP contribution in [0.4, 0.5) is 4.79 Å². The molecule has 0 fully saturated rings. The van der Waals surface area contributed by atoms with E-state index in [1.54, 1.807) is 27.7 Å². The molecule has 7 heteroatoms. The van der Waals surface area contributed by atoms with E-state index in [9.17, 15) is 9.59 Å². The van der Waals surface area contributed by atoms with E-state index in [1.807, 2.05) is 13.8 Å². The molecule has 1 N–H and O–H groups in total. The molecule has 22 heavy (non-hydrogen) atoms. The van der Waals surface area contributed by atoms with Crippen LogP contribution >= 0.6 is 0 Å². The van der Waals surface area contributed by atoms with E-state index in [0.29, 0.717) is 12.1 Å². The highest BCUT2D eigenvalue weighted by molar-refractivity contribution is 5.96. The van der Waals surface area contributed by atoms with E-state index >= 15 is 0 Å². The lowest BCUT2D eigenvalue weighted by molar-refractivity contribution is -0.154. The van der Waals surface area contributed by atoms with Crippen molar-refractivity contribution in [1.82, 2.24) is 5.32 Å². The van der Waals surface area contributed by atoms with Gasteiger partial charge in [0.15, 0.2) is 0 Å². The molecule has 2 unspecified atom stereocenters. The first-order chi connectivity index (χ1) is 10.1. The molecule has 0 radical (unpaired) electrons. The first kappa shape index (κ1) is 18.3. The van der Waals surface area contributed by atoms with Gasteiger partial charge in [0, 0.05) is 6.42 Å². The van der Waals surface area contributed by atoms with Crippen LogP contribution in [-0.2, 0) is 19.1 Å². The van der Waals surface area contributed by atoms with E-state index < -0.39 is 23.8 Å². The van der Waals surface area contributed by atoms with E-state index in [1.165, 1.54) is 0 Å². The van der Waals surface area contributed by atoms with Gasteiger partial charge in [0.1, 0.15) is 5.60 Å². The van der Waals surface area contributed by atoms with Crippen LogP contribution < -0.4 is 5.32 Å². The van der Waals surface area contributed by atoms with Gasteiger partial charge >= 0.3 is 12.1 Å². The molecule has 0 aromatic rings. The van der Waals surface area contributed by atoms with Crippen LogP contribution in [0.5, 0.6) is 0 Å². The Labute approximate surface area is 131 Å². The van der Waals surface area contributed by atoms with Gasteiger partial charge in [-0.25, -0.2) is 9.59 Å². The minimum atomic E-state index is -0.739. The molecule has 1 heterocycles. The molecule has 7 nitrogen and oxygen atoms in total. The SMILES string of the molecule is CCOC(=O)C1CC(C(NC(=O)OC(C)(C)C)C(C)C)=NO1. The average Bonchev–Trinajstić information content (AvgIpc) is 2.83. The fourth-order valence-corrected chi connectivity index (χ4v) is 2.01. The maximum absolute atomic E-state index is 11.9. The molecule has 0 aromatic heterocycles. The largest absolute Gasteiger partial charge is 0.463 e. The summed E-state index contributed by atoms with van der Waals surface area (Å²) in [5.74, 6) is -0.364. The van der Waals surface area contributed by atoms with Gasteiger partial charge in [0.05, 0.1) is 18.4 Å². The van der Waals surface area contributed by atoms with Crippen LogP contribution in [0.1, 0.15) is 48.0 Å². The summed E-state index contributed by atoms with van der Waals surface area (Å²) < 4.78 is 10.2. The van der Waals surface area contributed by atoms with Crippen molar-refractivity contribution in [3.05, 3.63) is 0 Å². The summed E-state index contributed by atoms with van der Waals surface area (Å²) in [6.07, 6.45) is -0.956. The molecule has 126 valence electrons. The van der Waals surface area contributed by atoms with Gasteiger partial charge < -0.3 is 19.6 Å². The lowest BCUT2D eigenvalue weighted by Gasteiger charge is -2.25. The van der Waals surface area contributed by atoms with Crippen molar-refractivity contribution in [1.29, 1.82) is 0 Å². The Hall–Kier alpha value is -1.79. The van der Waals surface area contributed by atoms with Gasteiger partial charge in [0.2, 0.25) is 6.10 Å². The van der Waals surface area contributed by atoms with E-state index in [2.05, 4.69) is 10.5 Å². The second-order valence-corrected chi connectivity index (χ2v) is 6.50. The highest BCUT2D eigenvalue weighted by Crippen LogP contribution is 2.19. The highest BCUT2D eigenvalue weighted by atomic mass is 16.7. The summed E-state index contributed by atoms with van der Waals surface area (Å²) in [4.78, 5) is 28.7. The standard InChI is InChI=1S/C15H26N2O5/c1-7-20-13(18)11-8-10(17-22-11)12(9(2)3)16-14(19)21-15(4,5)6/h9,11-12H,7-8H2,1-6H3,(H,16,19). The zero-order chi connectivity index (χ0) is 16.9. The van der Waals surface area contributed by atoms with Crippen LogP contribution in [-0.4, -0.2) is 42.1 Å². The predicted molar refractivity (Wildman–Crippen MR) is 81.6 cm³/mol. The predicted octanol–water partition coefficient (Wildman–Crippen LogP) is 2.24. The minimum absolute atomic E-state index is 0.0795. The first-order valence-corrected chi connectivity index (χ1v) is 7.52. The Morgan fingerprint density at radius 3 is 2.55 bits per heavy atom. The normalized spacial score (nSPS) is 19.2. The number of ether oxygens (including phenoxy) is 2. The Kier molecular flexibility index (Phi) is 6.20. The zero-order valence-electron chi connectivity index (χ0n) is 14.1. The van der Waals surface area contributed by atoms with Crippen LogP contribution in [0.25, 0.3) is 0 Å². The summed E-state index contributed by atoms with van der Waals surface area (Å²) in [6.45, 7) is 11.3. The Bertz CT molecular complexity index is 440. The third-order valence-corrected chi connectivity index (χ3v) is 2.94. The van der Waals surface area contributed by atoms with E-state index in [4.69, 9.17) is 14.3 Å². The topological polar surface area (TPSA) is 86.2 Å². The number of amides is 1. The molecule has 1 amide bonds.